The van der Waals surface area contributed by atoms with E-state index in [1.165, 1.54) is 22.3 Å². The molecule has 1 aliphatic carbocycles. The smallest absolute Gasteiger partial charge is 0.312 e. The Kier molecular flexibility index (Phi) is 5.07. The van der Waals surface area contributed by atoms with Crippen LogP contribution in [-0.2, 0) is 22.6 Å². The van der Waals surface area contributed by atoms with Crippen molar-refractivity contribution >= 4 is 12.0 Å². The zero-order valence-electron chi connectivity index (χ0n) is 14.6. The van der Waals surface area contributed by atoms with Gasteiger partial charge in [0.05, 0.1) is 12.0 Å². The molecule has 0 radical (unpaired) electrons. The molecule has 0 aromatic heterocycles. The van der Waals surface area contributed by atoms with Gasteiger partial charge in [-0.3, -0.25) is 4.79 Å². The average molecular weight is 329 g/mol. The van der Waals surface area contributed by atoms with Gasteiger partial charge < -0.3 is 15.2 Å². The molecule has 1 heterocycles. The second-order valence-corrected chi connectivity index (χ2v) is 7.28. The van der Waals surface area contributed by atoms with E-state index in [-0.39, 0.29) is 0 Å². The topological polar surface area (TPSA) is 58.6 Å². The van der Waals surface area contributed by atoms with Gasteiger partial charge in [0.25, 0.3) is 0 Å². The van der Waals surface area contributed by atoms with Crippen LogP contribution in [0.25, 0.3) is 6.08 Å². The first-order chi connectivity index (χ1) is 11.5. The number of hydrogen-bond donors (Lipinski definition) is 2. The molecule has 1 atom stereocenters. The van der Waals surface area contributed by atoms with E-state index in [1.807, 2.05) is 0 Å². The zero-order chi connectivity index (χ0) is 17.2. The maximum Gasteiger partial charge on any atom is 0.312 e. The third-order valence-corrected chi connectivity index (χ3v) is 5.25. The monoisotopic (exact) mass is 329 g/mol. The normalized spacial score (nSPS) is 21.6. The number of carbonyl (C=O) groups is 1. The molecule has 0 spiro atoms. The van der Waals surface area contributed by atoms with Crippen LogP contribution in [0.5, 0.6) is 0 Å². The molecule has 1 aromatic rings. The number of benzene rings is 1. The largest absolute Gasteiger partial charge is 0.481 e. The van der Waals surface area contributed by atoms with E-state index < -0.39 is 11.4 Å². The van der Waals surface area contributed by atoms with Crippen molar-refractivity contribution in [3.63, 3.8) is 0 Å². The minimum atomic E-state index is -0.677. The minimum absolute atomic E-state index is 0.390. The van der Waals surface area contributed by atoms with E-state index in [2.05, 4.69) is 43.4 Å². The molecule has 2 N–H and O–H groups in total. The fourth-order valence-corrected chi connectivity index (χ4v) is 3.60. The molecular formula is C20H27NO3. The second-order valence-electron chi connectivity index (χ2n) is 7.28. The molecule has 0 saturated carbocycles. The molecule has 0 amide bonds. The molecule has 1 aromatic carbocycles. The summed E-state index contributed by atoms with van der Waals surface area (Å²) >= 11 is 0. The lowest BCUT2D eigenvalue weighted by Gasteiger charge is -2.40. The third-order valence-electron chi connectivity index (χ3n) is 5.25. The Balaban J connectivity index is 1.76. The van der Waals surface area contributed by atoms with Crippen molar-refractivity contribution in [1.82, 2.24) is 5.32 Å². The van der Waals surface area contributed by atoms with Gasteiger partial charge in [0.15, 0.2) is 0 Å². The summed E-state index contributed by atoms with van der Waals surface area (Å²) in [4.78, 5) is 11.6. The minimum Gasteiger partial charge on any atom is -0.481 e. The summed E-state index contributed by atoms with van der Waals surface area (Å²) < 4.78 is 5.63. The molecule has 1 fully saturated rings. The third kappa shape index (κ3) is 3.40. The molecule has 1 aliphatic heterocycles. The maximum absolute atomic E-state index is 11.6. The number of nitrogens with one attached hydrogen (secondary N) is 1. The molecule has 130 valence electrons. The highest BCUT2D eigenvalue weighted by atomic mass is 16.5. The highest BCUT2D eigenvalue weighted by molar-refractivity contribution is 5.77. The standard InChI is InChI=1S/C20H27NO3/c1-3-6-24-11-15-4-5-16-9-18(14(2)7-17(16)8-15)10-20(19(22)23)12-21-13-20/h4-5,8-9,14,21H,3,6-7,10-13H2,1-2H3,(H,22,23)/t14-/m0/s1. The predicted octanol–water partition coefficient (Wildman–Crippen LogP) is 3.25. The number of fused-ring (bicyclic) bond motifs is 1. The number of rotatable bonds is 7. The van der Waals surface area contributed by atoms with E-state index in [9.17, 15) is 9.90 Å². The Labute approximate surface area is 143 Å². The summed E-state index contributed by atoms with van der Waals surface area (Å²) in [6.07, 6.45) is 4.88. The van der Waals surface area contributed by atoms with Crippen molar-refractivity contribution in [3.8, 4) is 0 Å². The number of carboxylic acids is 1. The number of ether oxygens (including phenoxy) is 1. The Morgan fingerprint density at radius 2 is 2.21 bits per heavy atom. The number of hydrogen-bond acceptors (Lipinski definition) is 3. The quantitative estimate of drug-likeness (QED) is 0.754. The molecule has 2 aliphatic rings. The van der Waals surface area contributed by atoms with Gasteiger partial charge in [-0.05, 0) is 41.9 Å². The Bertz CT molecular complexity index is 646. The average Bonchev–Trinajstić information content (AvgIpc) is 2.51. The van der Waals surface area contributed by atoms with Crippen LogP contribution in [0.15, 0.2) is 23.8 Å². The Morgan fingerprint density at radius 3 is 2.83 bits per heavy atom. The first-order valence-electron chi connectivity index (χ1n) is 8.88. The van der Waals surface area contributed by atoms with Crippen LogP contribution in [-0.4, -0.2) is 30.8 Å². The molecule has 0 bridgehead atoms. The maximum atomic E-state index is 11.6. The van der Waals surface area contributed by atoms with E-state index in [0.29, 0.717) is 32.0 Å². The summed E-state index contributed by atoms with van der Waals surface area (Å²) in [5.41, 5.74) is 4.46. The second kappa shape index (κ2) is 7.08. The van der Waals surface area contributed by atoms with Gasteiger partial charge in [-0.2, -0.15) is 0 Å². The van der Waals surface area contributed by atoms with Gasteiger partial charge >= 0.3 is 5.97 Å². The fraction of sp³-hybridized carbons (Fsp3) is 0.550. The van der Waals surface area contributed by atoms with Crippen LogP contribution < -0.4 is 5.32 Å². The molecule has 1 saturated heterocycles. The highest BCUT2D eigenvalue weighted by Crippen LogP contribution is 2.38. The van der Waals surface area contributed by atoms with Gasteiger partial charge in [0, 0.05) is 19.7 Å². The van der Waals surface area contributed by atoms with E-state index in [4.69, 9.17) is 4.74 Å². The van der Waals surface area contributed by atoms with E-state index in [1.54, 1.807) is 0 Å². The first-order valence-corrected chi connectivity index (χ1v) is 8.88. The number of aliphatic carboxylic acids is 1. The molecule has 24 heavy (non-hydrogen) atoms. The Morgan fingerprint density at radius 1 is 1.42 bits per heavy atom. The van der Waals surface area contributed by atoms with Gasteiger partial charge in [-0.1, -0.05) is 43.7 Å². The van der Waals surface area contributed by atoms with Crippen molar-refractivity contribution in [2.24, 2.45) is 11.3 Å². The van der Waals surface area contributed by atoms with Crippen molar-refractivity contribution in [3.05, 3.63) is 40.5 Å². The summed E-state index contributed by atoms with van der Waals surface area (Å²) in [6, 6.07) is 6.52. The lowest BCUT2D eigenvalue weighted by atomic mass is 9.71. The van der Waals surface area contributed by atoms with Crippen molar-refractivity contribution in [2.45, 2.75) is 39.7 Å². The summed E-state index contributed by atoms with van der Waals surface area (Å²) in [5.74, 6) is -0.287. The summed E-state index contributed by atoms with van der Waals surface area (Å²) in [5, 5.41) is 12.7. The molecular weight excluding hydrogens is 302 g/mol. The van der Waals surface area contributed by atoms with Crippen LogP contribution >= 0.6 is 0 Å². The Hall–Kier alpha value is -1.65. The molecule has 0 unspecified atom stereocenters. The van der Waals surface area contributed by atoms with E-state index >= 15 is 0 Å². The van der Waals surface area contributed by atoms with Crippen LogP contribution in [0.2, 0.25) is 0 Å². The molecule has 4 nitrogen and oxygen atoms in total. The van der Waals surface area contributed by atoms with Gasteiger partial charge in [-0.25, -0.2) is 0 Å². The van der Waals surface area contributed by atoms with Crippen LogP contribution in [0, 0.1) is 11.3 Å². The SMILES string of the molecule is CCCOCc1ccc2c(c1)C[C@H](C)C(CC1(C(=O)O)CNC1)=C2. The van der Waals surface area contributed by atoms with Crippen LogP contribution in [0.3, 0.4) is 0 Å². The predicted molar refractivity (Wildman–Crippen MR) is 94.8 cm³/mol. The molecule has 4 heteroatoms. The fourth-order valence-electron chi connectivity index (χ4n) is 3.60. The number of carboxylic acid groups (broad SMARTS) is 1. The van der Waals surface area contributed by atoms with Crippen molar-refractivity contribution in [1.29, 1.82) is 0 Å². The van der Waals surface area contributed by atoms with Gasteiger partial charge in [0.1, 0.15) is 0 Å². The number of allylic oxidation sites excluding steroid dienone is 1. The lowest BCUT2D eigenvalue weighted by Crippen LogP contribution is -2.58. The van der Waals surface area contributed by atoms with Gasteiger partial charge in [0.2, 0.25) is 0 Å². The highest BCUT2D eigenvalue weighted by Gasteiger charge is 2.45. The summed E-state index contributed by atoms with van der Waals surface area (Å²) in [6.45, 7) is 6.93. The van der Waals surface area contributed by atoms with Gasteiger partial charge in [-0.15, -0.1) is 0 Å². The lowest BCUT2D eigenvalue weighted by molar-refractivity contribution is -0.152. The van der Waals surface area contributed by atoms with Crippen molar-refractivity contribution in [2.75, 3.05) is 19.7 Å². The first kappa shape index (κ1) is 17.2. The van der Waals surface area contributed by atoms with Crippen LogP contribution in [0.1, 0.15) is 43.4 Å². The van der Waals surface area contributed by atoms with E-state index in [0.717, 1.165) is 19.4 Å². The van der Waals surface area contributed by atoms with Crippen LogP contribution in [0.4, 0.5) is 0 Å². The summed E-state index contributed by atoms with van der Waals surface area (Å²) in [7, 11) is 0. The zero-order valence-corrected chi connectivity index (χ0v) is 14.6. The van der Waals surface area contributed by atoms with Crippen molar-refractivity contribution < 1.29 is 14.6 Å². The molecule has 3 rings (SSSR count).